The van der Waals surface area contributed by atoms with Crippen molar-refractivity contribution in [3.8, 4) is 0 Å². The highest BCUT2D eigenvalue weighted by Gasteiger charge is 2.43. The van der Waals surface area contributed by atoms with Gasteiger partial charge >= 0.3 is 12.7 Å². The molecule has 2 atom stereocenters. The van der Waals surface area contributed by atoms with Crippen molar-refractivity contribution in [1.29, 1.82) is 0 Å². The van der Waals surface area contributed by atoms with Crippen molar-refractivity contribution >= 4 is 27.5 Å². The maximum Gasteiger partial charge on any atom is 0.417 e. The minimum Gasteiger partial charge on any atom is -0.347 e. The molecule has 1 amide bonds. The van der Waals surface area contributed by atoms with E-state index in [-0.39, 0.29) is 29.4 Å². The number of sulfonamides is 1. The van der Waals surface area contributed by atoms with Crippen LogP contribution in [0.15, 0.2) is 53.4 Å². The monoisotopic (exact) mass is 576 g/mol. The second-order valence-electron chi connectivity index (χ2n) is 8.81. The number of hydrogen-bond donors (Lipinski definition) is 1. The molecule has 1 aromatic heterocycles. The number of carbonyl (C=O) groups excluding carboxylic acids is 1. The van der Waals surface area contributed by atoms with Gasteiger partial charge in [0.2, 0.25) is 10.0 Å². The number of aromatic nitrogens is 2. The fourth-order valence-corrected chi connectivity index (χ4v) is 6.83. The van der Waals surface area contributed by atoms with Crippen molar-refractivity contribution < 1.29 is 35.2 Å². The predicted molar refractivity (Wildman–Crippen MR) is 129 cm³/mol. The summed E-state index contributed by atoms with van der Waals surface area (Å²) < 4.78 is 95.1. The molecule has 0 unspecified atom stereocenters. The van der Waals surface area contributed by atoms with E-state index in [1.165, 1.54) is 13.8 Å². The van der Waals surface area contributed by atoms with Crippen molar-refractivity contribution in [3.63, 3.8) is 0 Å². The first-order valence-corrected chi connectivity index (χ1v) is 13.1. The van der Waals surface area contributed by atoms with Gasteiger partial charge in [-0.15, -0.1) is 0 Å². The first-order chi connectivity index (χ1) is 17.7. The fourth-order valence-electron chi connectivity index (χ4n) is 4.66. The summed E-state index contributed by atoms with van der Waals surface area (Å²) in [6.07, 6.45) is -4.78. The van der Waals surface area contributed by atoms with E-state index in [9.17, 15) is 35.2 Å². The zero-order chi connectivity index (χ0) is 28.0. The van der Waals surface area contributed by atoms with Crippen molar-refractivity contribution in [1.82, 2.24) is 19.4 Å². The van der Waals surface area contributed by atoms with Gasteiger partial charge in [-0.1, -0.05) is 48.0 Å². The van der Waals surface area contributed by atoms with Crippen molar-refractivity contribution in [3.05, 3.63) is 81.6 Å². The summed E-state index contributed by atoms with van der Waals surface area (Å²) in [4.78, 5) is 12.7. The summed E-state index contributed by atoms with van der Waals surface area (Å²) in [5, 5.41) is 5.51. The zero-order valence-corrected chi connectivity index (χ0v) is 21.6. The van der Waals surface area contributed by atoms with Crippen LogP contribution in [0.2, 0.25) is 5.02 Å². The van der Waals surface area contributed by atoms with Gasteiger partial charge in [-0.05, 0) is 31.5 Å². The Morgan fingerprint density at radius 3 is 2.32 bits per heavy atom. The molecule has 0 spiro atoms. The van der Waals surface area contributed by atoms with Gasteiger partial charge in [-0.25, -0.2) is 13.1 Å². The maximum atomic E-state index is 13.6. The number of nitrogens with zero attached hydrogens (tertiary/aromatic N) is 3. The van der Waals surface area contributed by atoms with E-state index in [1.807, 2.05) is 0 Å². The molecule has 0 bridgehead atoms. The zero-order valence-electron chi connectivity index (χ0n) is 20.0. The summed E-state index contributed by atoms with van der Waals surface area (Å²) in [5.41, 5.74) is -1.27. The summed E-state index contributed by atoms with van der Waals surface area (Å²) in [5.74, 6) is -1.51. The van der Waals surface area contributed by atoms with Crippen molar-refractivity contribution in [2.45, 2.75) is 43.4 Å². The molecule has 1 N–H and O–H groups in total. The van der Waals surface area contributed by atoms with Crippen molar-refractivity contribution in [2.75, 3.05) is 13.1 Å². The van der Waals surface area contributed by atoms with Crippen LogP contribution in [0.5, 0.6) is 0 Å². The SMILES string of the molecule is Cc1nn(C(F)F)c(C)c1S(=O)(=O)N1C[C@H](NC(=O)c2cccc(C(F)(F)F)c2Cl)[C@@H](c2ccccc2)C1. The lowest BCUT2D eigenvalue weighted by atomic mass is 9.94. The molecular formula is C24H22ClF5N4O3S. The quantitative estimate of drug-likeness (QED) is 0.411. The standard InChI is InChI=1S/C24H22ClF5N4O3S/c1-13-21(14(2)34(32-13)23(26)27)38(36,37)33-11-17(15-7-4-3-5-8-15)19(12-33)31-22(35)16-9-6-10-18(20(16)25)24(28,29)30/h3-10,17,19,23H,11-12H2,1-2H3,(H,31,35)/t17-,19+/m1/s1. The molecule has 38 heavy (non-hydrogen) atoms. The summed E-state index contributed by atoms with van der Waals surface area (Å²) >= 11 is 5.91. The number of benzene rings is 2. The van der Waals surface area contributed by atoms with Gasteiger partial charge in [0.05, 0.1) is 33.6 Å². The summed E-state index contributed by atoms with van der Waals surface area (Å²) in [6, 6.07) is 10.7. The van der Waals surface area contributed by atoms with E-state index < -0.39 is 56.8 Å². The molecule has 2 aromatic carbocycles. The molecule has 0 saturated carbocycles. The highest BCUT2D eigenvalue weighted by molar-refractivity contribution is 7.89. The van der Waals surface area contributed by atoms with Crippen LogP contribution in [0.3, 0.4) is 0 Å². The molecule has 7 nitrogen and oxygen atoms in total. The third-order valence-electron chi connectivity index (χ3n) is 6.42. The third-order valence-corrected chi connectivity index (χ3v) is 8.91. The Labute approximate surface area is 220 Å². The van der Waals surface area contributed by atoms with Gasteiger partial charge in [0.15, 0.2) is 0 Å². The molecular weight excluding hydrogens is 555 g/mol. The van der Waals surface area contributed by atoms with Crippen LogP contribution in [0.25, 0.3) is 0 Å². The van der Waals surface area contributed by atoms with E-state index in [2.05, 4.69) is 10.4 Å². The number of hydrogen-bond acceptors (Lipinski definition) is 4. The largest absolute Gasteiger partial charge is 0.417 e. The van der Waals surface area contributed by atoms with Crippen molar-refractivity contribution in [2.24, 2.45) is 0 Å². The summed E-state index contributed by atoms with van der Waals surface area (Å²) in [7, 11) is -4.33. The molecule has 2 heterocycles. The van der Waals surface area contributed by atoms with Gasteiger partial charge in [0.1, 0.15) is 4.90 Å². The molecule has 0 radical (unpaired) electrons. The lowest BCUT2D eigenvalue weighted by Crippen LogP contribution is -2.40. The minimum atomic E-state index is -4.78. The third kappa shape index (κ3) is 5.14. The van der Waals surface area contributed by atoms with Gasteiger partial charge in [0, 0.05) is 19.0 Å². The van der Waals surface area contributed by atoms with E-state index in [1.54, 1.807) is 30.3 Å². The second kappa shape index (κ2) is 10.3. The van der Waals surface area contributed by atoms with Gasteiger partial charge < -0.3 is 5.32 Å². The van der Waals surface area contributed by atoms with Crippen LogP contribution >= 0.6 is 11.6 Å². The normalized spacial score (nSPS) is 18.8. The number of halogens is 6. The molecule has 4 rings (SSSR count). The van der Waals surface area contributed by atoms with Crippen LogP contribution in [-0.4, -0.2) is 47.5 Å². The molecule has 204 valence electrons. The Morgan fingerprint density at radius 1 is 1.08 bits per heavy atom. The summed E-state index contributed by atoms with van der Waals surface area (Å²) in [6.45, 7) is -0.899. The minimum absolute atomic E-state index is 0.109. The highest BCUT2D eigenvalue weighted by Crippen LogP contribution is 2.37. The molecule has 0 aliphatic carbocycles. The fraction of sp³-hybridized carbons (Fsp3) is 0.333. The van der Waals surface area contributed by atoms with Crippen LogP contribution < -0.4 is 5.32 Å². The van der Waals surface area contributed by atoms with Crippen LogP contribution in [-0.2, 0) is 16.2 Å². The van der Waals surface area contributed by atoms with Gasteiger partial charge in [0.25, 0.3) is 5.91 Å². The Bertz CT molecular complexity index is 1460. The number of amides is 1. The molecule has 14 heteroatoms. The second-order valence-corrected chi connectivity index (χ2v) is 11.1. The topological polar surface area (TPSA) is 84.3 Å². The lowest BCUT2D eigenvalue weighted by molar-refractivity contribution is -0.137. The van der Waals surface area contributed by atoms with Gasteiger partial charge in [-0.2, -0.15) is 31.4 Å². The van der Waals surface area contributed by atoms with E-state index >= 15 is 0 Å². The lowest BCUT2D eigenvalue weighted by Gasteiger charge is -2.21. The molecule has 3 aromatic rings. The number of aryl methyl sites for hydroxylation is 1. The van der Waals surface area contributed by atoms with Crippen LogP contribution in [0.4, 0.5) is 22.0 Å². The Balaban J connectivity index is 1.69. The first-order valence-electron chi connectivity index (χ1n) is 11.3. The highest BCUT2D eigenvalue weighted by atomic mass is 35.5. The molecule has 1 fully saturated rings. The Hall–Kier alpha value is -3.03. The predicted octanol–water partition coefficient (Wildman–Crippen LogP) is 5.15. The maximum absolute atomic E-state index is 13.6. The van der Waals surface area contributed by atoms with Crippen LogP contribution in [0, 0.1) is 13.8 Å². The molecule has 1 aliphatic rings. The number of alkyl halides is 5. The first kappa shape index (κ1) is 28.0. The van der Waals surface area contributed by atoms with Crippen LogP contribution in [0.1, 0.15) is 45.3 Å². The Kier molecular flexibility index (Phi) is 7.56. The smallest absolute Gasteiger partial charge is 0.347 e. The number of nitrogens with one attached hydrogen (secondary N) is 1. The number of carbonyl (C=O) groups is 1. The van der Waals surface area contributed by atoms with Gasteiger partial charge in [-0.3, -0.25) is 4.79 Å². The molecule has 1 aliphatic heterocycles. The van der Waals surface area contributed by atoms with E-state index in [4.69, 9.17) is 11.6 Å². The average molecular weight is 577 g/mol. The molecule has 1 saturated heterocycles. The van der Waals surface area contributed by atoms with E-state index in [0.29, 0.717) is 10.2 Å². The Morgan fingerprint density at radius 2 is 1.74 bits per heavy atom. The van der Waals surface area contributed by atoms with E-state index in [0.717, 1.165) is 22.5 Å². The average Bonchev–Trinajstić information content (AvgIpc) is 3.40. The number of rotatable bonds is 6.